The molecule has 29 heavy (non-hydrogen) atoms. The monoisotopic (exact) mass is 417 g/mol. The van der Waals surface area contributed by atoms with Crippen molar-refractivity contribution in [2.24, 2.45) is 0 Å². The second-order valence-corrected chi connectivity index (χ2v) is 7.73. The van der Waals surface area contributed by atoms with E-state index in [-0.39, 0.29) is 24.9 Å². The van der Waals surface area contributed by atoms with E-state index in [4.69, 9.17) is 16.3 Å². The van der Waals surface area contributed by atoms with E-state index in [1.165, 1.54) is 0 Å². The van der Waals surface area contributed by atoms with Crippen LogP contribution in [0, 0.1) is 0 Å². The van der Waals surface area contributed by atoms with Gasteiger partial charge in [0.25, 0.3) is 5.91 Å². The van der Waals surface area contributed by atoms with Gasteiger partial charge in [0.1, 0.15) is 12.1 Å². The lowest BCUT2D eigenvalue weighted by molar-refractivity contribution is -0.120. The first-order valence-electron chi connectivity index (χ1n) is 9.02. The number of halogens is 1. The summed E-state index contributed by atoms with van der Waals surface area (Å²) >= 11 is 5.90. The van der Waals surface area contributed by atoms with Gasteiger partial charge in [-0.05, 0) is 56.7 Å². The van der Waals surface area contributed by atoms with Crippen molar-refractivity contribution in [3.05, 3.63) is 64.7 Å². The molecule has 0 radical (unpaired) electrons. The van der Waals surface area contributed by atoms with Crippen molar-refractivity contribution in [3.63, 3.8) is 0 Å². The number of alkyl carbamates (subject to hydrolysis) is 1. The highest BCUT2D eigenvalue weighted by molar-refractivity contribution is 6.31. The van der Waals surface area contributed by atoms with Crippen molar-refractivity contribution in [2.75, 3.05) is 11.9 Å². The number of hydrogen-bond acceptors (Lipinski definition) is 4. The maximum absolute atomic E-state index is 12.2. The molecule has 2 aromatic carbocycles. The number of hydrogen-bond donors (Lipinski definition) is 3. The van der Waals surface area contributed by atoms with Gasteiger partial charge in [0.05, 0.1) is 0 Å². The SMILES string of the molecule is CC(C)(C)OC(=O)NCC(=O)NCc1ccc(NC(=O)c2cccc(Cl)c2)cc1. The summed E-state index contributed by atoms with van der Waals surface area (Å²) in [5.74, 6) is -0.601. The standard InChI is InChI=1S/C21H24ClN3O4/c1-21(2,3)29-20(28)24-13-18(26)23-12-14-7-9-17(10-8-14)25-19(27)15-5-4-6-16(22)11-15/h4-11H,12-13H2,1-3H3,(H,23,26)(H,24,28)(H,25,27). The van der Waals surface area contributed by atoms with Crippen LogP contribution in [0.2, 0.25) is 5.02 Å². The lowest BCUT2D eigenvalue weighted by atomic mass is 10.2. The van der Waals surface area contributed by atoms with Crippen LogP contribution in [0.15, 0.2) is 48.5 Å². The Hall–Kier alpha value is -3.06. The lowest BCUT2D eigenvalue weighted by Crippen LogP contribution is -2.39. The Kier molecular flexibility index (Phi) is 7.61. The Morgan fingerprint density at radius 3 is 2.31 bits per heavy atom. The van der Waals surface area contributed by atoms with Gasteiger partial charge >= 0.3 is 6.09 Å². The highest BCUT2D eigenvalue weighted by Crippen LogP contribution is 2.14. The predicted molar refractivity (Wildman–Crippen MR) is 112 cm³/mol. The molecule has 0 bridgehead atoms. The van der Waals surface area contributed by atoms with Gasteiger partial charge < -0.3 is 20.7 Å². The van der Waals surface area contributed by atoms with Crippen LogP contribution in [-0.4, -0.2) is 30.1 Å². The van der Waals surface area contributed by atoms with Crippen molar-refractivity contribution in [1.29, 1.82) is 0 Å². The molecular formula is C21H24ClN3O4. The molecule has 2 rings (SSSR count). The summed E-state index contributed by atoms with van der Waals surface area (Å²) in [6.45, 7) is 5.34. The minimum Gasteiger partial charge on any atom is -0.444 e. The zero-order valence-electron chi connectivity index (χ0n) is 16.5. The molecule has 0 saturated carbocycles. The van der Waals surface area contributed by atoms with Gasteiger partial charge in [-0.1, -0.05) is 29.8 Å². The van der Waals surface area contributed by atoms with Crippen LogP contribution in [-0.2, 0) is 16.1 Å². The number of benzene rings is 2. The topological polar surface area (TPSA) is 96.5 Å². The Bertz CT molecular complexity index is 876. The van der Waals surface area contributed by atoms with E-state index in [1.807, 2.05) is 0 Å². The van der Waals surface area contributed by atoms with Crippen molar-refractivity contribution in [2.45, 2.75) is 32.9 Å². The van der Waals surface area contributed by atoms with Crippen LogP contribution < -0.4 is 16.0 Å². The quantitative estimate of drug-likeness (QED) is 0.667. The van der Waals surface area contributed by atoms with Gasteiger partial charge in [0.15, 0.2) is 0 Å². The highest BCUT2D eigenvalue weighted by Gasteiger charge is 2.16. The van der Waals surface area contributed by atoms with Crippen LogP contribution in [0.25, 0.3) is 0 Å². The van der Waals surface area contributed by atoms with Gasteiger partial charge in [-0.3, -0.25) is 9.59 Å². The maximum Gasteiger partial charge on any atom is 0.408 e. The van der Waals surface area contributed by atoms with Crippen molar-refractivity contribution in [3.8, 4) is 0 Å². The molecule has 0 aliphatic rings. The molecule has 3 N–H and O–H groups in total. The van der Waals surface area contributed by atoms with Gasteiger partial charge in [-0.2, -0.15) is 0 Å². The van der Waals surface area contributed by atoms with Crippen molar-refractivity contribution in [1.82, 2.24) is 10.6 Å². The number of amides is 3. The number of carbonyl (C=O) groups excluding carboxylic acids is 3. The summed E-state index contributed by atoms with van der Waals surface area (Å²) in [4.78, 5) is 35.6. The first-order chi connectivity index (χ1) is 13.6. The molecular weight excluding hydrogens is 394 g/mol. The molecule has 0 heterocycles. The molecule has 0 spiro atoms. The number of rotatable bonds is 6. The third kappa shape index (κ3) is 8.23. The van der Waals surface area contributed by atoms with Crippen molar-refractivity contribution >= 4 is 35.2 Å². The Morgan fingerprint density at radius 2 is 1.69 bits per heavy atom. The zero-order chi connectivity index (χ0) is 21.4. The minimum absolute atomic E-state index is 0.178. The molecule has 2 aromatic rings. The first-order valence-corrected chi connectivity index (χ1v) is 9.39. The molecule has 8 heteroatoms. The Balaban J connectivity index is 1.78. The number of nitrogens with one attached hydrogen (secondary N) is 3. The molecule has 0 aromatic heterocycles. The summed E-state index contributed by atoms with van der Waals surface area (Å²) in [5, 5.41) is 8.37. The fourth-order valence-electron chi connectivity index (χ4n) is 2.27. The van der Waals surface area contributed by atoms with E-state index in [2.05, 4.69) is 16.0 Å². The second kappa shape index (κ2) is 9.93. The van der Waals surface area contributed by atoms with Gasteiger partial charge in [-0.25, -0.2) is 4.79 Å². The molecule has 3 amide bonds. The third-order valence-corrected chi connectivity index (χ3v) is 3.82. The normalized spacial score (nSPS) is 10.8. The third-order valence-electron chi connectivity index (χ3n) is 3.58. The van der Waals surface area contributed by atoms with Crippen molar-refractivity contribution < 1.29 is 19.1 Å². The number of anilines is 1. The smallest absolute Gasteiger partial charge is 0.408 e. The van der Waals surface area contributed by atoms with Gasteiger partial charge in [0.2, 0.25) is 5.91 Å². The molecule has 0 saturated heterocycles. The minimum atomic E-state index is -0.646. The average molecular weight is 418 g/mol. The van der Waals surface area contributed by atoms with Crippen LogP contribution >= 0.6 is 11.6 Å². The fraction of sp³-hybridized carbons (Fsp3) is 0.286. The Labute approximate surface area is 174 Å². The summed E-state index contributed by atoms with van der Waals surface area (Å²) in [6.07, 6.45) is -0.646. The molecule has 154 valence electrons. The van der Waals surface area contributed by atoms with E-state index in [1.54, 1.807) is 69.3 Å². The van der Waals surface area contributed by atoms with Gasteiger partial charge in [-0.15, -0.1) is 0 Å². The largest absolute Gasteiger partial charge is 0.444 e. The fourth-order valence-corrected chi connectivity index (χ4v) is 2.46. The zero-order valence-corrected chi connectivity index (χ0v) is 17.3. The van der Waals surface area contributed by atoms with Crippen LogP contribution in [0.1, 0.15) is 36.7 Å². The molecule has 0 atom stereocenters. The molecule has 0 aliphatic heterocycles. The number of ether oxygens (including phenoxy) is 1. The summed E-state index contributed by atoms with van der Waals surface area (Å²) in [5.41, 5.74) is 1.31. The molecule has 0 fully saturated rings. The first kappa shape index (κ1) is 22.2. The second-order valence-electron chi connectivity index (χ2n) is 7.29. The van der Waals surface area contributed by atoms with E-state index in [9.17, 15) is 14.4 Å². The summed E-state index contributed by atoms with van der Waals surface area (Å²) in [7, 11) is 0. The van der Waals surface area contributed by atoms with E-state index in [0.29, 0.717) is 16.3 Å². The van der Waals surface area contributed by atoms with Crippen LogP contribution in [0.4, 0.5) is 10.5 Å². The summed E-state index contributed by atoms with van der Waals surface area (Å²) in [6, 6.07) is 13.7. The molecule has 7 nitrogen and oxygen atoms in total. The molecule has 0 unspecified atom stereocenters. The maximum atomic E-state index is 12.2. The van der Waals surface area contributed by atoms with E-state index < -0.39 is 11.7 Å². The predicted octanol–water partition coefficient (Wildman–Crippen LogP) is 3.73. The summed E-state index contributed by atoms with van der Waals surface area (Å²) < 4.78 is 5.06. The van der Waals surface area contributed by atoms with Gasteiger partial charge in [0, 0.05) is 22.8 Å². The van der Waals surface area contributed by atoms with Crippen LogP contribution in [0.5, 0.6) is 0 Å². The highest BCUT2D eigenvalue weighted by atomic mass is 35.5. The van der Waals surface area contributed by atoms with Crippen LogP contribution in [0.3, 0.4) is 0 Å². The lowest BCUT2D eigenvalue weighted by Gasteiger charge is -2.19. The Morgan fingerprint density at radius 1 is 1.00 bits per heavy atom. The average Bonchev–Trinajstić information content (AvgIpc) is 2.64. The van der Waals surface area contributed by atoms with E-state index >= 15 is 0 Å². The molecule has 0 aliphatic carbocycles. The number of carbonyl (C=O) groups is 3. The van der Waals surface area contributed by atoms with E-state index in [0.717, 1.165) is 5.56 Å².